The highest BCUT2D eigenvalue weighted by molar-refractivity contribution is 6.50. The lowest BCUT2D eigenvalue weighted by Gasteiger charge is -2.15. The van der Waals surface area contributed by atoms with Gasteiger partial charge in [-0.25, -0.2) is 4.99 Å². The molecule has 0 aliphatic heterocycles. The zero-order chi connectivity index (χ0) is 15.0. The lowest BCUT2D eigenvalue weighted by molar-refractivity contribution is -0.110. The molecule has 0 aromatic heterocycles. The summed E-state index contributed by atoms with van der Waals surface area (Å²) in [5.74, 6) is -0.988. The molecule has 0 fully saturated rings. The van der Waals surface area contributed by atoms with E-state index < -0.39 is 11.6 Å². The molecule has 21 heavy (non-hydrogen) atoms. The predicted octanol–water partition coefficient (Wildman–Crippen LogP) is 2.65. The van der Waals surface area contributed by atoms with Crippen LogP contribution < -0.4 is 0 Å². The Morgan fingerprint density at radius 2 is 1.38 bits per heavy atom. The largest absolute Gasteiger partial charge is 0.290 e. The molecule has 1 aromatic rings. The van der Waals surface area contributed by atoms with Crippen LogP contribution in [0.2, 0.25) is 0 Å². The quantitative estimate of drug-likeness (QED) is 0.749. The Hall–Kier alpha value is -2.59. The smallest absolute Gasteiger partial charge is 0.213 e. The van der Waals surface area contributed by atoms with E-state index in [-0.39, 0.29) is 27.6 Å². The number of ketones is 3. The molecule has 102 valence electrons. The molecule has 0 atom stereocenters. The molecule has 0 saturated carbocycles. The average Bonchev–Trinajstić information content (AvgIpc) is 2.51. The van der Waals surface area contributed by atoms with E-state index >= 15 is 0 Å². The lowest BCUT2D eigenvalue weighted by atomic mass is 9.92. The summed E-state index contributed by atoms with van der Waals surface area (Å²) < 4.78 is 0. The van der Waals surface area contributed by atoms with Crippen molar-refractivity contribution in [1.82, 2.24) is 0 Å². The third kappa shape index (κ3) is 2.30. The second kappa shape index (κ2) is 5.07. The van der Waals surface area contributed by atoms with Crippen LogP contribution in [0.3, 0.4) is 0 Å². The molecule has 0 N–H and O–H groups in total. The summed E-state index contributed by atoms with van der Waals surface area (Å²) in [6.45, 7) is 0. The van der Waals surface area contributed by atoms with Gasteiger partial charge in [0.25, 0.3) is 0 Å². The number of hydrogen-bond acceptors (Lipinski definition) is 4. The van der Waals surface area contributed by atoms with Crippen LogP contribution in [0, 0.1) is 0 Å². The molecule has 1 aromatic carbocycles. The second-order valence-corrected chi connectivity index (χ2v) is 4.85. The van der Waals surface area contributed by atoms with Gasteiger partial charge in [-0.3, -0.25) is 14.4 Å². The van der Waals surface area contributed by atoms with Gasteiger partial charge in [0.2, 0.25) is 11.6 Å². The van der Waals surface area contributed by atoms with Crippen molar-refractivity contribution in [3.8, 4) is 0 Å². The maximum atomic E-state index is 12.4. The number of benzene rings is 1. The van der Waals surface area contributed by atoms with Crippen LogP contribution in [0.15, 0.2) is 64.3 Å². The van der Waals surface area contributed by atoms with Crippen LogP contribution in [0.4, 0.5) is 0 Å². The zero-order valence-corrected chi connectivity index (χ0v) is 11.4. The normalized spacial score (nSPS) is 17.4. The minimum atomic E-state index is -0.425. The van der Waals surface area contributed by atoms with Crippen LogP contribution in [-0.2, 0) is 4.79 Å². The number of nitrogens with zero attached hydrogens (tertiary/aromatic N) is 1. The Kier molecular flexibility index (Phi) is 3.23. The van der Waals surface area contributed by atoms with E-state index in [1.165, 1.54) is 24.3 Å². The van der Waals surface area contributed by atoms with Crippen molar-refractivity contribution in [2.24, 2.45) is 4.99 Å². The summed E-state index contributed by atoms with van der Waals surface area (Å²) in [5.41, 5.74) is 0.856. The number of aliphatic imine (C=N–C) groups is 1. The maximum Gasteiger partial charge on any atom is 0.213 e. The van der Waals surface area contributed by atoms with E-state index in [0.29, 0.717) is 5.71 Å². The van der Waals surface area contributed by atoms with Crippen LogP contribution in [0.1, 0.15) is 20.7 Å². The topological polar surface area (TPSA) is 63.6 Å². The molecular weight excluding hydrogens is 290 g/mol. The van der Waals surface area contributed by atoms with E-state index in [1.54, 1.807) is 24.3 Å². The minimum absolute atomic E-state index is 0.0981. The predicted molar refractivity (Wildman–Crippen MR) is 78.7 cm³/mol. The molecule has 0 amide bonds. The van der Waals surface area contributed by atoms with Gasteiger partial charge < -0.3 is 0 Å². The average molecular weight is 298 g/mol. The van der Waals surface area contributed by atoms with Crippen molar-refractivity contribution in [2.45, 2.75) is 0 Å². The fourth-order valence-electron chi connectivity index (χ4n) is 2.08. The number of carbonyl (C=O) groups excluding carboxylic acids is 3. The molecule has 0 unspecified atom stereocenters. The Morgan fingerprint density at radius 1 is 0.810 bits per heavy atom. The number of Topliss-reactive ketones (excluding diaryl/α,β-unsaturated/α-hetero) is 2. The molecule has 2 aliphatic rings. The van der Waals surface area contributed by atoms with Gasteiger partial charge in [0.1, 0.15) is 10.7 Å². The van der Waals surface area contributed by atoms with Crippen LogP contribution in [0.25, 0.3) is 0 Å². The number of fused-ring (bicyclic) bond motifs is 1. The molecular formula is C16H8ClNO3. The van der Waals surface area contributed by atoms with Crippen LogP contribution in [-0.4, -0.2) is 23.1 Å². The van der Waals surface area contributed by atoms with E-state index in [2.05, 4.69) is 4.99 Å². The molecule has 0 saturated heterocycles. The fraction of sp³-hybridized carbons (Fsp3) is 0. The Bertz CT molecular complexity index is 795. The van der Waals surface area contributed by atoms with Crippen LogP contribution in [0.5, 0.6) is 0 Å². The van der Waals surface area contributed by atoms with Gasteiger partial charge in [-0.15, -0.1) is 0 Å². The van der Waals surface area contributed by atoms with Gasteiger partial charge in [0, 0.05) is 11.1 Å². The Labute approximate surface area is 125 Å². The fourth-order valence-corrected chi connectivity index (χ4v) is 2.31. The molecule has 4 nitrogen and oxygen atoms in total. The summed E-state index contributed by atoms with van der Waals surface area (Å²) in [6.07, 6.45) is 5.60. The molecule has 0 radical (unpaired) electrons. The molecule has 5 heteroatoms. The van der Waals surface area contributed by atoms with Crippen molar-refractivity contribution < 1.29 is 14.4 Å². The van der Waals surface area contributed by atoms with Crippen LogP contribution >= 0.6 is 11.6 Å². The van der Waals surface area contributed by atoms with Crippen molar-refractivity contribution in [3.05, 3.63) is 70.4 Å². The number of rotatable bonds is 1. The summed E-state index contributed by atoms with van der Waals surface area (Å²) in [4.78, 5) is 39.7. The minimum Gasteiger partial charge on any atom is -0.290 e. The van der Waals surface area contributed by atoms with Crippen molar-refractivity contribution in [3.63, 3.8) is 0 Å². The first-order valence-electron chi connectivity index (χ1n) is 6.15. The van der Waals surface area contributed by atoms with Gasteiger partial charge in [-0.05, 0) is 24.3 Å². The Morgan fingerprint density at radius 3 is 2.00 bits per heavy atom. The molecule has 3 rings (SSSR count). The summed E-state index contributed by atoms with van der Waals surface area (Å²) in [7, 11) is 0. The first kappa shape index (κ1) is 13.4. The number of halogens is 1. The SMILES string of the molecule is O=C1C=CC(=NC2=C(Cl)C(=O)c3ccccc3C2=O)C=C1. The lowest BCUT2D eigenvalue weighted by Crippen LogP contribution is -2.19. The third-order valence-corrected chi connectivity index (χ3v) is 3.47. The molecule has 0 heterocycles. The highest BCUT2D eigenvalue weighted by Gasteiger charge is 2.31. The monoisotopic (exact) mass is 297 g/mol. The van der Waals surface area contributed by atoms with E-state index in [4.69, 9.17) is 11.6 Å². The number of carbonyl (C=O) groups is 3. The summed E-state index contributed by atoms with van der Waals surface area (Å²) >= 11 is 5.99. The Balaban J connectivity index is 2.10. The molecule has 0 bridgehead atoms. The van der Waals surface area contributed by atoms with Gasteiger partial charge in [0.15, 0.2) is 5.78 Å². The van der Waals surface area contributed by atoms with Crippen molar-refractivity contribution in [2.75, 3.05) is 0 Å². The zero-order valence-electron chi connectivity index (χ0n) is 10.7. The van der Waals surface area contributed by atoms with E-state index in [0.717, 1.165) is 0 Å². The number of hydrogen-bond donors (Lipinski definition) is 0. The maximum absolute atomic E-state index is 12.4. The number of allylic oxidation sites excluding steroid dienone is 6. The molecule has 2 aliphatic carbocycles. The van der Waals surface area contributed by atoms with Gasteiger partial charge in [-0.1, -0.05) is 35.9 Å². The standard InChI is InChI=1S/C16H8ClNO3/c17-13-14(18-9-5-7-10(19)8-6-9)16(21)12-4-2-1-3-11(12)15(13)20/h1-8H. The van der Waals surface area contributed by atoms with E-state index in [9.17, 15) is 14.4 Å². The van der Waals surface area contributed by atoms with Gasteiger partial charge >= 0.3 is 0 Å². The molecule has 0 spiro atoms. The van der Waals surface area contributed by atoms with E-state index in [1.807, 2.05) is 0 Å². The first-order valence-corrected chi connectivity index (χ1v) is 6.53. The second-order valence-electron chi connectivity index (χ2n) is 4.47. The third-order valence-electron chi connectivity index (χ3n) is 3.12. The van der Waals surface area contributed by atoms with Gasteiger partial charge in [0.05, 0.1) is 5.71 Å². The van der Waals surface area contributed by atoms with Gasteiger partial charge in [-0.2, -0.15) is 0 Å². The highest BCUT2D eigenvalue weighted by Crippen LogP contribution is 2.29. The summed E-state index contributed by atoms with van der Waals surface area (Å²) in [5, 5.41) is -0.204. The van der Waals surface area contributed by atoms with Crippen molar-refractivity contribution in [1.29, 1.82) is 0 Å². The highest BCUT2D eigenvalue weighted by atomic mass is 35.5. The van der Waals surface area contributed by atoms with Crippen molar-refractivity contribution >= 4 is 34.7 Å². The first-order chi connectivity index (χ1) is 10.1. The summed E-state index contributed by atoms with van der Waals surface area (Å²) in [6, 6.07) is 6.46.